The van der Waals surface area contributed by atoms with Gasteiger partial charge in [0.15, 0.2) is 0 Å². The number of ether oxygens (including phenoxy) is 1. The Morgan fingerprint density at radius 1 is 1.07 bits per heavy atom. The van der Waals surface area contributed by atoms with E-state index in [-0.39, 0.29) is 11.9 Å². The van der Waals surface area contributed by atoms with Gasteiger partial charge in [-0.15, -0.1) is 0 Å². The maximum atomic E-state index is 13.1. The Morgan fingerprint density at radius 2 is 1.90 bits per heavy atom. The van der Waals surface area contributed by atoms with Gasteiger partial charge in [0.25, 0.3) is 15.9 Å². The van der Waals surface area contributed by atoms with Crippen LogP contribution in [0.1, 0.15) is 41.6 Å². The molecule has 0 aromatic heterocycles. The van der Waals surface area contributed by atoms with Crippen LogP contribution >= 0.6 is 0 Å². The summed E-state index contributed by atoms with van der Waals surface area (Å²) in [7, 11) is -3.71. The largest absolute Gasteiger partial charge is 0.493 e. The standard InChI is InChI=1S/C22H24N2O4S/c25-22-20-16-18(23-29(26,27)15-12-17-6-2-1-3-7-17)9-10-21(20)28-14-11-19-8-4-5-13-24(19)22/h1-3,6-7,9-10,12,15-16,19,23H,4-5,8,11,13-14H2/b15-12+. The minimum atomic E-state index is -3.71. The second-order valence-corrected chi connectivity index (χ2v) is 8.92. The van der Waals surface area contributed by atoms with Gasteiger partial charge in [-0.05, 0) is 49.1 Å². The number of carbonyl (C=O) groups excluding carboxylic acids is 1. The van der Waals surface area contributed by atoms with Gasteiger partial charge >= 0.3 is 0 Å². The minimum absolute atomic E-state index is 0.0923. The first-order valence-electron chi connectivity index (χ1n) is 9.86. The molecule has 1 amide bonds. The highest BCUT2D eigenvalue weighted by Gasteiger charge is 2.31. The van der Waals surface area contributed by atoms with Gasteiger partial charge in [0, 0.05) is 24.7 Å². The van der Waals surface area contributed by atoms with Gasteiger partial charge < -0.3 is 9.64 Å². The topological polar surface area (TPSA) is 75.7 Å². The molecule has 4 rings (SSSR count). The lowest BCUT2D eigenvalue weighted by molar-refractivity contribution is 0.0548. The lowest BCUT2D eigenvalue weighted by Gasteiger charge is -2.37. The van der Waals surface area contributed by atoms with Gasteiger partial charge in [-0.2, -0.15) is 0 Å². The second kappa shape index (κ2) is 8.29. The van der Waals surface area contributed by atoms with Crippen molar-refractivity contribution in [1.82, 2.24) is 4.90 Å². The van der Waals surface area contributed by atoms with Crippen LogP contribution in [0.5, 0.6) is 5.75 Å². The molecule has 6 nitrogen and oxygen atoms in total. The molecule has 2 heterocycles. The molecule has 2 aromatic carbocycles. The SMILES string of the molecule is O=C1c2cc(NS(=O)(=O)/C=C/c3ccccc3)ccc2OCCC2CCCCN12. The van der Waals surface area contributed by atoms with E-state index in [4.69, 9.17) is 4.74 Å². The molecule has 29 heavy (non-hydrogen) atoms. The Bertz CT molecular complexity index is 1020. The maximum Gasteiger partial charge on any atom is 0.257 e. The van der Waals surface area contributed by atoms with Crippen molar-refractivity contribution < 1.29 is 17.9 Å². The summed E-state index contributed by atoms with van der Waals surface area (Å²) in [4.78, 5) is 15.0. The van der Waals surface area contributed by atoms with Crippen LogP contribution in [0.2, 0.25) is 0 Å². The van der Waals surface area contributed by atoms with Gasteiger partial charge in [-0.1, -0.05) is 30.3 Å². The van der Waals surface area contributed by atoms with E-state index >= 15 is 0 Å². The van der Waals surface area contributed by atoms with Crippen molar-refractivity contribution in [2.24, 2.45) is 0 Å². The smallest absolute Gasteiger partial charge is 0.257 e. The molecule has 0 saturated carbocycles. The zero-order chi connectivity index (χ0) is 20.3. The summed E-state index contributed by atoms with van der Waals surface area (Å²) in [5.41, 5.74) is 1.53. The highest BCUT2D eigenvalue weighted by Crippen LogP contribution is 2.31. The van der Waals surface area contributed by atoms with Crippen LogP contribution in [-0.4, -0.2) is 38.4 Å². The van der Waals surface area contributed by atoms with Gasteiger partial charge in [0.2, 0.25) is 0 Å². The van der Waals surface area contributed by atoms with Gasteiger partial charge in [0.1, 0.15) is 5.75 Å². The summed E-state index contributed by atoms with van der Waals surface area (Å²) in [6.45, 7) is 1.28. The van der Waals surface area contributed by atoms with E-state index in [9.17, 15) is 13.2 Å². The molecule has 0 aliphatic carbocycles. The van der Waals surface area contributed by atoms with E-state index in [0.717, 1.165) is 43.2 Å². The number of benzene rings is 2. The first-order chi connectivity index (χ1) is 14.0. The average molecular weight is 413 g/mol. The molecule has 0 radical (unpaired) electrons. The van der Waals surface area contributed by atoms with E-state index in [0.29, 0.717) is 23.6 Å². The third-order valence-electron chi connectivity index (χ3n) is 5.31. The molecule has 1 N–H and O–H groups in total. The number of nitrogens with one attached hydrogen (secondary N) is 1. The van der Waals surface area contributed by atoms with Crippen molar-refractivity contribution in [3.05, 3.63) is 65.1 Å². The Labute approximate surface area is 171 Å². The molecular weight excluding hydrogens is 388 g/mol. The van der Waals surface area contributed by atoms with Crippen molar-refractivity contribution in [1.29, 1.82) is 0 Å². The van der Waals surface area contributed by atoms with Gasteiger partial charge in [-0.25, -0.2) is 8.42 Å². The predicted molar refractivity (Wildman–Crippen MR) is 113 cm³/mol. The summed E-state index contributed by atoms with van der Waals surface area (Å²) >= 11 is 0. The van der Waals surface area contributed by atoms with E-state index in [1.807, 2.05) is 35.2 Å². The molecule has 7 heteroatoms. The number of nitrogens with zero attached hydrogens (tertiary/aromatic N) is 1. The molecule has 152 valence electrons. The van der Waals surface area contributed by atoms with E-state index in [2.05, 4.69) is 4.72 Å². The Balaban J connectivity index is 1.57. The molecule has 1 fully saturated rings. The summed E-state index contributed by atoms with van der Waals surface area (Å²) in [5, 5.41) is 1.12. The fourth-order valence-electron chi connectivity index (χ4n) is 3.84. The maximum absolute atomic E-state index is 13.1. The number of hydrogen-bond acceptors (Lipinski definition) is 4. The lowest BCUT2D eigenvalue weighted by atomic mass is 9.97. The normalized spacial score (nSPS) is 19.7. The quantitative estimate of drug-likeness (QED) is 0.827. The molecule has 2 aliphatic rings. The van der Waals surface area contributed by atoms with E-state index < -0.39 is 10.0 Å². The van der Waals surface area contributed by atoms with Crippen molar-refractivity contribution in [3.8, 4) is 5.75 Å². The van der Waals surface area contributed by atoms with Crippen LogP contribution in [0.4, 0.5) is 5.69 Å². The first-order valence-corrected chi connectivity index (χ1v) is 11.4. The average Bonchev–Trinajstić information content (AvgIpc) is 2.73. The number of amides is 1. The van der Waals surface area contributed by atoms with E-state index in [1.165, 1.54) is 6.08 Å². The number of carbonyl (C=O) groups is 1. The Hall–Kier alpha value is -2.80. The fourth-order valence-corrected chi connectivity index (χ4v) is 4.70. The molecule has 1 atom stereocenters. The number of rotatable bonds is 4. The molecule has 2 aliphatic heterocycles. The second-order valence-electron chi connectivity index (χ2n) is 7.36. The van der Waals surface area contributed by atoms with Gasteiger partial charge in [-0.3, -0.25) is 9.52 Å². The zero-order valence-electron chi connectivity index (χ0n) is 16.1. The fraction of sp³-hybridized carbons (Fsp3) is 0.318. The summed E-state index contributed by atoms with van der Waals surface area (Å²) < 4.78 is 33.2. The minimum Gasteiger partial charge on any atom is -0.493 e. The molecule has 0 bridgehead atoms. The highest BCUT2D eigenvalue weighted by molar-refractivity contribution is 7.95. The molecule has 2 aromatic rings. The number of sulfonamides is 1. The monoisotopic (exact) mass is 412 g/mol. The summed E-state index contributed by atoms with van der Waals surface area (Å²) in [5.74, 6) is 0.409. The van der Waals surface area contributed by atoms with Gasteiger partial charge in [0.05, 0.1) is 17.6 Å². The summed E-state index contributed by atoms with van der Waals surface area (Å²) in [6, 6.07) is 14.2. The van der Waals surface area contributed by atoms with Crippen LogP contribution in [-0.2, 0) is 10.0 Å². The number of fused-ring (bicyclic) bond motifs is 2. The highest BCUT2D eigenvalue weighted by atomic mass is 32.2. The van der Waals surface area contributed by atoms with Crippen molar-refractivity contribution in [3.63, 3.8) is 0 Å². The Kier molecular flexibility index (Phi) is 5.58. The zero-order valence-corrected chi connectivity index (χ0v) is 16.9. The van der Waals surface area contributed by atoms with Crippen LogP contribution in [0.3, 0.4) is 0 Å². The molecular formula is C22H24N2O4S. The molecule has 0 spiro atoms. The van der Waals surface area contributed by atoms with E-state index in [1.54, 1.807) is 18.2 Å². The Morgan fingerprint density at radius 3 is 2.72 bits per heavy atom. The van der Waals surface area contributed by atoms with Crippen molar-refractivity contribution >= 4 is 27.7 Å². The number of hydrogen-bond donors (Lipinski definition) is 1. The van der Waals surface area contributed by atoms with Crippen molar-refractivity contribution in [2.45, 2.75) is 31.7 Å². The number of anilines is 1. The summed E-state index contributed by atoms with van der Waals surface area (Å²) in [6.07, 6.45) is 5.46. The van der Waals surface area contributed by atoms with Crippen LogP contribution in [0, 0.1) is 0 Å². The molecule has 1 unspecified atom stereocenters. The van der Waals surface area contributed by atoms with Crippen LogP contribution < -0.4 is 9.46 Å². The lowest BCUT2D eigenvalue weighted by Crippen LogP contribution is -2.45. The number of piperidine rings is 1. The van der Waals surface area contributed by atoms with Crippen LogP contribution in [0.25, 0.3) is 6.08 Å². The molecule has 1 saturated heterocycles. The van der Waals surface area contributed by atoms with Crippen molar-refractivity contribution in [2.75, 3.05) is 17.9 Å². The van der Waals surface area contributed by atoms with Crippen LogP contribution in [0.15, 0.2) is 53.9 Å². The third kappa shape index (κ3) is 4.62. The third-order valence-corrected chi connectivity index (χ3v) is 6.32. The first kappa shape index (κ1) is 19.5. The predicted octanol–water partition coefficient (Wildman–Crippen LogP) is 3.88.